The number of carboxylic acids is 1. The van der Waals surface area contributed by atoms with Crippen LogP contribution in [0.4, 0.5) is 0 Å². The lowest BCUT2D eigenvalue weighted by molar-refractivity contribution is -0.137. The molecule has 0 heterocycles. The van der Waals surface area contributed by atoms with Crippen LogP contribution in [0.1, 0.15) is 13.3 Å². The summed E-state index contributed by atoms with van der Waals surface area (Å²) in [5, 5.41) is 8.62. The highest BCUT2D eigenvalue weighted by Gasteiger charge is 2.19. The normalized spacial score (nSPS) is 13.2. The van der Waals surface area contributed by atoms with Crippen LogP contribution in [0.25, 0.3) is 0 Å². The molecular weight excluding hydrogens is 402 g/mol. The van der Waals surface area contributed by atoms with E-state index in [2.05, 4.69) is 36.6 Å². The molecule has 1 atom stereocenters. The molecule has 8 heteroatoms. The quantitative estimate of drug-likeness (QED) is 0.749. The van der Waals surface area contributed by atoms with Gasteiger partial charge in [0, 0.05) is 21.9 Å². The Bertz CT molecular complexity index is 574. The molecule has 0 aliphatic rings. The van der Waals surface area contributed by atoms with Crippen LogP contribution in [0.3, 0.4) is 0 Å². The van der Waals surface area contributed by atoms with Crippen molar-refractivity contribution in [2.24, 2.45) is 5.92 Å². The molecule has 0 amide bonds. The maximum absolute atomic E-state index is 12.1. The largest absolute Gasteiger partial charge is 0.481 e. The van der Waals surface area contributed by atoms with Gasteiger partial charge in [-0.05, 0) is 40.0 Å². The Balaban J connectivity index is 2.79. The number of rotatable bonds is 6. The summed E-state index contributed by atoms with van der Waals surface area (Å²) in [5.74, 6) is -1.22. The van der Waals surface area contributed by atoms with E-state index in [1.807, 2.05) is 0 Å². The van der Waals surface area contributed by atoms with E-state index in [1.54, 1.807) is 19.1 Å². The summed E-state index contributed by atoms with van der Waals surface area (Å²) < 4.78 is 27.7. The molecule has 0 radical (unpaired) electrons. The second kappa shape index (κ2) is 6.83. The van der Waals surface area contributed by atoms with Crippen LogP contribution in [-0.4, -0.2) is 26.0 Å². The van der Waals surface area contributed by atoms with E-state index in [-0.39, 0.29) is 23.8 Å². The number of hydrogen-bond donors (Lipinski definition) is 2. The van der Waals surface area contributed by atoms with Crippen LogP contribution >= 0.6 is 31.9 Å². The van der Waals surface area contributed by atoms with Gasteiger partial charge in [-0.25, -0.2) is 13.1 Å². The first-order valence-corrected chi connectivity index (χ1v) is 8.46. The summed E-state index contributed by atoms with van der Waals surface area (Å²) in [7, 11) is -3.65. The first-order chi connectivity index (χ1) is 8.72. The minimum atomic E-state index is -3.65. The Morgan fingerprint density at radius 3 is 2.58 bits per heavy atom. The van der Waals surface area contributed by atoms with E-state index >= 15 is 0 Å². The standard InChI is InChI=1S/C11H13Br2NO4S/c1-7(4-11(15)16)6-14-19(17,18)10-3-2-8(12)5-9(10)13/h2-3,5,7,14H,4,6H2,1H3,(H,15,16). The minimum absolute atomic E-state index is 0.0793. The minimum Gasteiger partial charge on any atom is -0.481 e. The van der Waals surface area contributed by atoms with Gasteiger partial charge in [0.2, 0.25) is 10.0 Å². The van der Waals surface area contributed by atoms with Gasteiger partial charge in [-0.1, -0.05) is 22.9 Å². The zero-order chi connectivity index (χ0) is 14.6. The molecule has 5 nitrogen and oxygen atoms in total. The number of carbonyl (C=O) groups is 1. The Hall–Kier alpha value is -0.440. The Kier molecular flexibility index (Phi) is 5.97. The molecule has 0 aliphatic heterocycles. The third-order valence-corrected chi connectivity index (χ3v) is 5.22. The van der Waals surface area contributed by atoms with Gasteiger partial charge in [0.05, 0.1) is 4.90 Å². The van der Waals surface area contributed by atoms with E-state index in [0.717, 1.165) is 4.47 Å². The summed E-state index contributed by atoms with van der Waals surface area (Å²) in [6, 6.07) is 4.73. The van der Waals surface area contributed by atoms with Crippen LogP contribution in [0, 0.1) is 5.92 Å². The van der Waals surface area contributed by atoms with Crippen LogP contribution in [0.5, 0.6) is 0 Å². The van der Waals surface area contributed by atoms with Crippen molar-refractivity contribution in [3.05, 3.63) is 27.1 Å². The monoisotopic (exact) mass is 413 g/mol. The molecule has 0 aliphatic carbocycles. The maximum Gasteiger partial charge on any atom is 0.303 e. The van der Waals surface area contributed by atoms with Gasteiger partial charge >= 0.3 is 5.97 Å². The molecule has 2 N–H and O–H groups in total. The fourth-order valence-electron chi connectivity index (χ4n) is 1.39. The van der Waals surface area contributed by atoms with Crippen molar-refractivity contribution in [3.63, 3.8) is 0 Å². The molecule has 1 aromatic rings. The number of benzene rings is 1. The lowest BCUT2D eigenvalue weighted by Crippen LogP contribution is -2.29. The molecule has 0 fully saturated rings. The second-order valence-corrected chi connectivity index (χ2v) is 7.64. The molecule has 0 spiro atoms. The van der Waals surface area contributed by atoms with Crippen LogP contribution in [0.2, 0.25) is 0 Å². The van der Waals surface area contributed by atoms with Crippen molar-refractivity contribution in [3.8, 4) is 0 Å². The van der Waals surface area contributed by atoms with Crippen molar-refractivity contribution >= 4 is 47.9 Å². The second-order valence-electron chi connectivity index (χ2n) is 4.13. The lowest BCUT2D eigenvalue weighted by atomic mass is 10.1. The molecule has 0 bridgehead atoms. The summed E-state index contributed by atoms with van der Waals surface area (Å²) in [6.07, 6.45) is -0.0793. The Labute approximate surface area is 128 Å². The Morgan fingerprint density at radius 2 is 2.05 bits per heavy atom. The highest BCUT2D eigenvalue weighted by Crippen LogP contribution is 2.25. The Morgan fingerprint density at radius 1 is 1.42 bits per heavy atom. The van der Waals surface area contributed by atoms with Gasteiger partial charge in [0.25, 0.3) is 0 Å². The summed E-state index contributed by atoms with van der Waals surface area (Å²) in [6.45, 7) is 1.75. The van der Waals surface area contributed by atoms with E-state index in [9.17, 15) is 13.2 Å². The van der Waals surface area contributed by atoms with E-state index < -0.39 is 16.0 Å². The number of halogens is 2. The molecule has 1 unspecified atom stereocenters. The first-order valence-electron chi connectivity index (χ1n) is 5.39. The lowest BCUT2D eigenvalue weighted by Gasteiger charge is -2.12. The third kappa shape index (κ3) is 5.21. The number of hydrogen-bond acceptors (Lipinski definition) is 3. The molecule has 106 valence electrons. The SMILES string of the molecule is CC(CNS(=O)(=O)c1ccc(Br)cc1Br)CC(=O)O. The number of aliphatic carboxylic acids is 1. The fraction of sp³-hybridized carbons (Fsp3) is 0.364. The molecule has 0 saturated heterocycles. The van der Waals surface area contributed by atoms with Gasteiger partial charge in [0.15, 0.2) is 0 Å². The van der Waals surface area contributed by atoms with E-state index in [0.29, 0.717) is 4.47 Å². The predicted molar refractivity (Wildman–Crippen MR) is 78.4 cm³/mol. The third-order valence-electron chi connectivity index (χ3n) is 2.33. The van der Waals surface area contributed by atoms with Crippen LogP contribution in [0.15, 0.2) is 32.0 Å². The van der Waals surface area contributed by atoms with Gasteiger partial charge in [-0.15, -0.1) is 0 Å². The van der Waals surface area contributed by atoms with Crippen LogP contribution in [-0.2, 0) is 14.8 Å². The van der Waals surface area contributed by atoms with Crippen LogP contribution < -0.4 is 4.72 Å². The zero-order valence-corrected chi connectivity index (χ0v) is 14.0. The van der Waals surface area contributed by atoms with Crippen molar-refractivity contribution in [2.45, 2.75) is 18.2 Å². The van der Waals surface area contributed by atoms with Gasteiger partial charge in [-0.2, -0.15) is 0 Å². The highest BCUT2D eigenvalue weighted by atomic mass is 79.9. The average Bonchev–Trinajstić information content (AvgIpc) is 2.25. The molecule has 1 rings (SSSR count). The van der Waals surface area contributed by atoms with Gasteiger partial charge in [-0.3, -0.25) is 4.79 Å². The fourth-order valence-corrected chi connectivity index (χ4v) is 4.30. The van der Waals surface area contributed by atoms with Crippen molar-refractivity contribution in [2.75, 3.05) is 6.54 Å². The molecule has 1 aromatic carbocycles. The topological polar surface area (TPSA) is 83.5 Å². The van der Waals surface area contributed by atoms with Crippen molar-refractivity contribution in [1.82, 2.24) is 4.72 Å². The maximum atomic E-state index is 12.1. The van der Waals surface area contributed by atoms with E-state index in [4.69, 9.17) is 5.11 Å². The van der Waals surface area contributed by atoms with Crippen molar-refractivity contribution < 1.29 is 18.3 Å². The predicted octanol–water partition coefficient (Wildman–Crippen LogP) is 2.60. The van der Waals surface area contributed by atoms with E-state index in [1.165, 1.54) is 6.07 Å². The van der Waals surface area contributed by atoms with Gasteiger partial charge < -0.3 is 5.11 Å². The summed E-state index contributed by atoms with van der Waals surface area (Å²) in [5.41, 5.74) is 0. The summed E-state index contributed by atoms with van der Waals surface area (Å²) >= 11 is 6.43. The summed E-state index contributed by atoms with van der Waals surface area (Å²) in [4.78, 5) is 10.6. The molecule has 0 saturated carbocycles. The average molecular weight is 415 g/mol. The number of sulfonamides is 1. The molecule has 0 aromatic heterocycles. The number of carboxylic acid groups (broad SMARTS) is 1. The zero-order valence-electron chi connectivity index (χ0n) is 10.1. The van der Waals surface area contributed by atoms with Crippen molar-refractivity contribution in [1.29, 1.82) is 0 Å². The number of nitrogens with one attached hydrogen (secondary N) is 1. The molecule has 19 heavy (non-hydrogen) atoms. The smallest absolute Gasteiger partial charge is 0.303 e. The molecular formula is C11H13Br2NO4S. The first kappa shape index (κ1) is 16.6. The van der Waals surface area contributed by atoms with Gasteiger partial charge in [0.1, 0.15) is 0 Å². The highest BCUT2D eigenvalue weighted by molar-refractivity contribution is 9.11.